The summed E-state index contributed by atoms with van der Waals surface area (Å²) in [7, 11) is 3.36. The Labute approximate surface area is 195 Å². The lowest BCUT2D eigenvalue weighted by molar-refractivity contribution is -0.149. The number of rotatable bonds is 16. The molecule has 0 saturated carbocycles. The SMILES string of the molecule is CCOC(=O)[C@@H](C/C=C/C[C@H](Cc1ccc(OC)c(OCCCOC)c1)C(C)C)C(C)C. The van der Waals surface area contributed by atoms with Gasteiger partial charge in [-0.3, -0.25) is 4.79 Å². The molecule has 182 valence electrons. The predicted molar refractivity (Wildman–Crippen MR) is 130 cm³/mol. The first-order chi connectivity index (χ1) is 15.3. The Morgan fingerprint density at radius 1 is 0.969 bits per heavy atom. The van der Waals surface area contributed by atoms with E-state index in [1.165, 1.54) is 5.56 Å². The number of benzene rings is 1. The van der Waals surface area contributed by atoms with Crippen LogP contribution < -0.4 is 9.47 Å². The van der Waals surface area contributed by atoms with Gasteiger partial charge in [0.05, 0.1) is 26.2 Å². The molecule has 0 aliphatic carbocycles. The van der Waals surface area contributed by atoms with Gasteiger partial charge in [-0.2, -0.15) is 0 Å². The molecule has 0 unspecified atom stereocenters. The summed E-state index contributed by atoms with van der Waals surface area (Å²) in [6.45, 7) is 12.2. The fourth-order valence-electron chi connectivity index (χ4n) is 3.64. The molecule has 0 saturated heterocycles. The molecule has 32 heavy (non-hydrogen) atoms. The van der Waals surface area contributed by atoms with E-state index in [0.29, 0.717) is 31.7 Å². The Hall–Kier alpha value is -2.01. The van der Waals surface area contributed by atoms with Crippen molar-refractivity contribution >= 4 is 5.97 Å². The third-order valence-corrected chi connectivity index (χ3v) is 5.81. The van der Waals surface area contributed by atoms with Gasteiger partial charge < -0.3 is 18.9 Å². The Kier molecular flexibility index (Phi) is 13.8. The standard InChI is InChI=1S/C27H44O5/c1-8-31-27(28)24(21(4)5)13-10-9-12-23(20(2)3)18-22-14-15-25(30-7)26(19-22)32-17-11-16-29-6/h9-10,14-15,19-21,23-24H,8,11-13,16-18H2,1-7H3/b10-9+/t23-,24+/m1/s1. The van der Waals surface area contributed by atoms with E-state index in [-0.39, 0.29) is 17.8 Å². The van der Waals surface area contributed by atoms with Crippen LogP contribution in [0.25, 0.3) is 0 Å². The average Bonchev–Trinajstić information content (AvgIpc) is 2.75. The summed E-state index contributed by atoms with van der Waals surface area (Å²) < 4.78 is 21.7. The van der Waals surface area contributed by atoms with Crippen molar-refractivity contribution in [3.8, 4) is 11.5 Å². The second-order valence-electron chi connectivity index (χ2n) is 8.93. The van der Waals surface area contributed by atoms with Gasteiger partial charge in [-0.15, -0.1) is 0 Å². The molecule has 0 fully saturated rings. The summed E-state index contributed by atoms with van der Waals surface area (Å²) in [5, 5.41) is 0. The smallest absolute Gasteiger partial charge is 0.309 e. The van der Waals surface area contributed by atoms with Crippen LogP contribution in [0.1, 0.15) is 59.4 Å². The van der Waals surface area contributed by atoms with Gasteiger partial charge in [0.1, 0.15) is 0 Å². The molecule has 1 aromatic rings. The number of hydrogen-bond donors (Lipinski definition) is 0. The van der Waals surface area contributed by atoms with Crippen molar-refractivity contribution in [3.05, 3.63) is 35.9 Å². The van der Waals surface area contributed by atoms with Crippen LogP contribution in [-0.2, 0) is 20.7 Å². The monoisotopic (exact) mass is 448 g/mol. The Balaban J connectivity index is 2.76. The first-order valence-electron chi connectivity index (χ1n) is 11.9. The van der Waals surface area contributed by atoms with Crippen LogP contribution in [0.2, 0.25) is 0 Å². The second-order valence-corrected chi connectivity index (χ2v) is 8.93. The van der Waals surface area contributed by atoms with Crippen LogP contribution in [0.5, 0.6) is 11.5 Å². The van der Waals surface area contributed by atoms with Gasteiger partial charge in [0, 0.05) is 20.1 Å². The van der Waals surface area contributed by atoms with Gasteiger partial charge in [0.25, 0.3) is 0 Å². The van der Waals surface area contributed by atoms with Gasteiger partial charge in [-0.1, -0.05) is 45.9 Å². The molecule has 5 heteroatoms. The van der Waals surface area contributed by atoms with E-state index in [2.05, 4.69) is 52.0 Å². The van der Waals surface area contributed by atoms with Crippen LogP contribution in [0.3, 0.4) is 0 Å². The first-order valence-corrected chi connectivity index (χ1v) is 11.9. The number of esters is 1. The number of carbonyl (C=O) groups is 1. The van der Waals surface area contributed by atoms with Crippen LogP contribution in [0.15, 0.2) is 30.4 Å². The Bertz CT molecular complexity index is 681. The molecule has 0 aromatic heterocycles. The van der Waals surface area contributed by atoms with Crippen LogP contribution in [-0.4, -0.2) is 40.0 Å². The maximum atomic E-state index is 12.2. The summed E-state index contributed by atoms with van der Waals surface area (Å²) in [6.07, 6.45) is 7.88. The molecule has 0 radical (unpaired) electrons. The van der Waals surface area contributed by atoms with E-state index >= 15 is 0 Å². The fourth-order valence-corrected chi connectivity index (χ4v) is 3.64. The molecular formula is C27H44O5. The maximum Gasteiger partial charge on any atom is 0.309 e. The van der Waals surface area contributed by atoms with Crippen molar-refractivity contribution < 1.29 is 23.7 Å². The van der Waals surface area contributed by atoms with E-state index < -0.39 is 0 Å². The second kappa shape index (κ2) is 15.7. The van der Waals surface area contributed by atoms with E-state index in [1.54, 1.807) is 14.2 Å². The zero-order valence-corrected chi connectivity index (χ0v) is 21.2. The third-order valence-electron chi connectivity index (χ3n) is 5.81. The van der Waals surface area contributed by atoms with Crippen molar-refractivity contribution in [3.63, 3.8) is 0 Å². The molecule has 0 amide bonds. The molecule has 0 N–H and O–H groups in total. The molecule has 5 nitrogen and oxygen atoms in total. The van der Waals surface area contributed by atoms with Crippen LogP contribution in [0.4, 0.5) is 0 Å². The number of allylic oxidation sites excluding steroid dienone is 2. The molecule has 1 rings (SSSR count). The summed E-state index contributed by atoms with van der Waals surface area (Å²) in [5.74, 6) is 2.67. The minimum atomic E-state index is -0.0937. The number of carbonyl (C=O) groups excluding carboxylic acids is 1. The summed E-state index contributed by atoms with van der Waals surface area (Å²) in [5.41, 5.74) is 1.24. The van der Waals surface area contributed by atoms with Crippen molar-refractivity contribution in [2.75, 3.05) is 34.0 Å². The third kappa shape index (κ3) is 10.1. The van der Waals surface area contributed by atoms with Crippen molar-refractivity contribution in [2.24, 2.45) is 23.7 Å². The number of methoxy groups -OCH3 is 2. The lowest BCUT2D eigenvalue weighted by Crippen LogP contribution is -2.22. The molecule has 2 atom stereocenters. The van der Waals surface area contributed by atoms with Crippen LogP contribution in [0, 0.1) is 23.7 Å². The highest BCUT2D eigenvalue weighted by atomic mass is 16.5. The van der Waals surface area contributed by atoms with Crippen molar-refractivity contribution in [2.45, 2.75) is 60.3 Å². The van der Waals surface area contributed by atoms with Gasteiger partial charge in [-0.25, -0.2) is 0 Å². The predicted octanol–water partition coefficient (Wildman–Crippen LogP) is 6.10. The highest BCUT2D eigenvalue weighted by Gasteiger charge is 2.22. The molecular weight excluding hydrogens is 404 g/mol. The van der Waals surface area contributed by atoms with Gasteiger partial charge in [0.15, 0.2) is 11.5 Å². The summed E-state index contributed by atoms with van der Waals surface area (Å²) in [6, 6.07) is 6.20. The normalized spacial score (nSPS) is 13.5. The lowest BCUT2D eigenvalue weighted by atomic mass is 9.86. The number of hydrogen-bond acceptors (Lipinski definition) is 5. The summed E-state index contributed by atoms with van der Waals surface area (Å²) >= 11 is 0. The van der Waals surface area contributed by atoms with E-state index in [4.69, 9.17) is 18.9 Å². The maximum absolute atomic E-state index is 12.2. The van der Waals surface area contributed by atoms with Gasteiger partial charge in [0.2, 0.25) is 0 Å². The van der Waals surface area contributed by atoms with E-state index in [9.17, 15) is 4.79 Å². The molecule has 0 aliphatic rings. The highest BCUT2D eigenvalue weighted by molar-refractivity contribution is 5.72. The molecule has 0 bridgehead atoms. The van der Waals surface area contributed by atoms with Crippen LogP contribution >= 0.6 is 0 Å². The topological polar surface area (TPSA) is 54.0 Å². The largest absolute Gasteiger partial charge is 0.493 e. The van der Waals surface area contributed by atoms with Crippen molar-refractivity contribution in [1.29, 1.82) is 0 Å². The molecule has 0 aliphatic heterocycles. The Morgan fingerprint density at radius 2 is 1.69 bits per heavy atom. The fraction of sp³-hybridized carbons (Fsp3) is 0.667. The first kappa shape index (κ1) is 28.0. The molecule has 0 heterocycles. The lowest BCUT2D eigenvalue weighted by Gasteiger charge is -2.21. The number of ether oxygens (including phenoxy) is 4. The zero-order chi connectivity index (χ0) is 23.9. The van der Waals surface area contributed by atoms with Crippen molar-refractivity contribution in [1.82, 2.24) is 0 Å². The zero-order valence-electron chi connectivity index (χ0n) is 21.2. The minimum absolute atomic E-state index is 0.0805. The Morgan fingerprint density at radius 3 is 2.28 bits per heavy atom. The molecule has 0 spiro atoms. The summed E-state index contributed by atoms with van der Waals surface area (Å²) in [4.78, 5) is 12.2. The average molecular weight is 449 g/mol. The molecule has 1 aromatic carbocycles. The van der Waals surface area contributed by atoms with E-state index in [1.807, 2.05) is 13.0 Å². The van der Waals surface area contributed by atoms with Gasteiger partial charge >= 0.3 is 5.97 Å². The minimum Gasteiger partial charge on any atom is -0.493 e. The van der Waals surface area contributed by atoms with E-state index in [0.717, 1.165) is 37.2 Å². The quantitative estimate of drug-likeness (QED) is 0.174. The van der Waals surface area contributed by atoms with Gasteiger partial charge in [-0.05, 0) is 61.6 Å². The highest BCUT2D eigenvalue weighted by Crippen LogP contribution is 2.31.